The Morgan fingerprint density at radius 1 is 1.39 bits per heavy atom. The highest BCUT2D eigenvalue weighted by Crippen LogP contribution is 2.20. The van der Waals surface area contributed by atoms with Gasteiger partial charge in [0.05, 0.1) is 0 Å². The second-order valence-corrected chi connectivity index (χ2v) is 5.53. The molecule has 0 aliphatic heterocycles. The van der Waals surface area contributed by atoms with Crippen molar-refractivity contribution in [3.63, 3.8) is 0 Å². The summed E-state index contributed by atoms with van der Waals surface area (Å²) in [7, 11) is 0. The molecule has 1 unspecified atom stereocenters. The fraction of sp³-hybridized carbons (Fsp3) is 0.643. The van der Waals surface area contributed by atoms with E-state index in [0.717, 1.165) is 30.8 Å². The Bertz CT molecular complexity index is 347. The lowest BCUT2D eigenvalue weighted by Crippen LogP contribution is -2.40. The standard InChI is InChI=1S/C14H24N2OS/c1-4-11(5-2)10-16(6-3)14(17)13(15)12-8-7-9-18-12/h7-9,11,13H,4-6,10,15H2,1-3H3. The number of likely N-dealkylation sites (N-methyl/N-ethyl adjacent to an activating group) is 1. The Labute approximate surface area is 114 Å². The fourth-order valence-electron chi connectivity index (χ4n) is 2.02. The van der Waals surface area contributed by atoms with E-state index in [9.17, 15) is 4.79 Å². The number of nitrogens with two attached hydrogens (primary N) is 1. The second kappa shape index (κ2) is 7.54. The molecule has 0 aliphatic carbocycles. The summed E-state index contributed by atoms with van der Waals surface area (Å²) >= 11 is 1.55. The molecular formula is C14H24N2OS. The van der Waals surface area contributed by atoms with Gasteiger partial charge in [0, 0.05) is 18.0 Å². The third-order valence-electron chi connectivity index (χ3n) is 3.44. The summed E-state index contributed by atoms with van der Waals surface area (Å²) in [5, 5.41) is 1.96. The summed E-state index contributed by atoms with van der Waals surface area (Å²) in [4.78, 5) is 15.2. The van der Waals surface area contributed by atoms with Crippen LogP contribution in [0.25, 0.3) is 0 Å². The number of nitrogens with zero attached hydrogens (tertiary/aromatic N) is 1. The maximum Gasteiger partial charge on any atom is 0.244 e. The van der Waals surface area contributed by atoms with E-state index in [1.165, 1.54) is 0 Å². The smallest absolute Gasteiger partial charge is 0.244 e. The van der Waals surface area contributed by atoms with Crippen molar-refractivity contribution < 1.29 is 4.79 Å². The number of thiophene rings is 1. The van der Waals surface area contributed by atoms with Crippen LogP contribution in [0.15, 0.2) is 17.5 Å². The molecule has 0 aliphatic rings. The van der Waals surface area contributed by atoms with Crippen LogP contribution in [0.5, 0.6) is 0 Å². The van der Waals surface area contributed by atoms with Crippen molar-refractivity contribution in [2.24, 2.45) is 11.7 Å². The summed E-state index contributed by atoms with van der Waals surface area (Å²) in [6.45, 7) is 7.91. The van der Waals surface area contributed by atoms with E-state index in [1.807, 2.05) is 29.3 Å². The van der Waals surface area contributed by atoms with Crippen LogP contribution in [0, 0.1) is 5.92 Å². The summed E-state index contributed by atoms with van der Waals surface area (Å²) in [5.74, 6) is 0.622. The second-order valence-electron chi connectivity index (χ2n) is 4.55. The van der Waals surface area contributed by atoms with Crippen LogP contribution in [0.1, 0.15) is 44.5 Å². The molecular weight excluding hydrogens is 244 g/mol. The lowest BCUT2D eigenvalue weighted by Gasteiger charge is -2.27. The quantitative estimate of drug-likeness (QED) is 0.826. The Kier molecular flexibility index (Phi) is 6.36. The van der Waals surface area contributed by atoms with Gasteiger partial charge in [-0.25, -0.2) is 0 Å². The molecule has 1 aromatic rings. The molecule has 4 heteroatoms. The van der Waals surface area contributed by atoms with E-state index in [1.54, 1.807) is 11.3 Å². The number of amides is 1. The number of hydrogen-bond acceptors (Lipinski definition) is 3. The minimum Gasteiger partial charge on any atom is -0.341 e. The first-order chi connectivity index (χ1) is 8.63. The van der Waals surface area contributed by atoms with Crippen LogP contribution in [0.4, 0.5) is 0 Å². The first kappa shape index (κ1) is 15.2. The molecule has 0 aromatic carbocycles. The van der Waals surface area contributed by atoms with Crippen molar-refractivity contribution >= 4 is 17.2 Å². The summed E-state index contributed by atoms with van der Waals surface area (Å²) in [6, 6.07) is 3.36. The first-order valence-electron chi connectivity index (χ1n) is 6.71. The van der Waals surface area contributed by atoms with Gasteiger partial charge < -0.3 is 10.6 Å². The molecule has 0 fully saturated rings. The molecule has 1 amide bonds. The van der Waals surface area contributed by atoms with Crippen molar-refractivity contribution in [2.75, 3.05) is 13.1 Å². The van der Waals surface area contributed by atoms with E-state index >= 15 is 0 Å². The van der Waals surface area contributed by atoms with Gasteiger partial charge in [-0.3, -0.25) is 4.79 Å². The average Bonchev–Trinajstić information content (AvgIpc) is 2.92. The molecule has 0 bridgehead atoms. The minimum absolute atomic E-state index is 0.0480. The lowest BCUT2D eigenvalue weighted by molar-refractivity contribution is -0.133. The van der Waals surface area contributed by atoms with Crippen molar-refractivity contribution in [2.45, 2.75) is 39.7 Å². The molecule has 1 rings (SSSR count). The van der Waals surface area contributed by atoms with Gasteiger partial charge in [-0.15, -0.1) is 11.3 Å². The van der Waals surface area contributed by atoms with Crippen LogP contribution in [-0.4, -0.2) is 23.9 Å². The largest absolute Gasteiger partial charge is 0.341 e. The van der Waals surface area contributed by atoms with Gasteiger partial charge in [-0.2, -0.15) is 0 Å². The highest BCUT2D eigenvalue weighted by atomic mass is 32.1. The van der Waals surface area contributed by atoms with Crippen molar-refractivity contribution in [3.8, 4) is 0 Å². The zero-order valence-electron chi connectivity index (χ0n) is 11.6. The molecule has 102 valence electrons. The van der Waals surface area contributed by atoms with Crippen molar-refractivity contribution in [1.82, 2.24) is 4.90 Å². The maximum absolute atomic E-state index is 12.3. The zero-order chi connectivity index (χ0) is 13.5. The van der Waals surface area contributed by atoms with Crippen molar-refractivity contribution in [1.29, 1.82) is 0 Å². The molecule has 1 atom stereocenters. The molecule has 2 N–H and O–H groups in total. The highest BCUT2D eigenvalue weighted by Gasteiger charge is 2.23. The Morgan fingerprint density at radius 3 is 2.50 bits per heavy atom. The molecule has 0 saturated heterocycles. The predicted octanol–water partition coefficient (Wildman–Crippen LogP) is 3.03. The molecule has 0 saturated carbocycles. The first-order valence-corrected chi connectivity index (χ1v) is 7.59. The van der Waals surface area contributed by atoms with E-state index in [4.69, 9.17) is 5.73 Å². The molecule has 0 radical (unpaired) electrons. The Hall–Kier alpha value is -0.870. The molecule has 0 spiro atoms. The third kappa shape index (κ3) is 3.82. The molecule has 1 heterocycles. The van der Waals surface area contributed by atoms with Gasteiger partial charge in [-0.1, -0.05) is 32.8 Å². The number of rotatable bonds is 7. The normalized spacial score (nSPS) is 12.7. The van der Waals surface area contributed by atoms with E-state index in [-0.39, 0.29) is 5.91 Å². The predicted molar refractivity (Wildman–Crippen MR) is 77.6 cm³/mol. The molecule has 3 nitrogen and oxygen atoms in total. The zero-order valence-corrected chi connectivity index (χ0v) is 12.4. The highest BCUT2D eigenvalue weighted by molar-refractivity contribution is 7.10. The van der Waals surface area contributed by atoms with E-state index < -0.39 is 6.04 Å². The van der Waals surface area contributed by atoms with Crippen LogP contribution >= 0.6 is 11.3 Å². The van der Waals surface area contributed by atoms with Gasteiger partial charge in [-0.05, 0) is 24.3 Å². The lowest BCUT2D eigenvalue weighted by atomic mass is 10.0. The number of hydrogen-bond donors (Lipinski definition) is 1. The summed E-state index contributed by atoms with van der Waals surface area (Å²) in [6.07, 6.45) is 2.21. The van der Waals surface area contributed by atoms with E-state index in [0.29, 0.717) is 5.92 Å². The van der Waals surface area contributed by atoms with E-state index in [2.05, 4.69) is 13.8 Å². The Balaban J connectivity index is 2.67. The SMILES string of the molecule is CCC(CC)CN(CC)C(=O)C(N)c1cccs1. The average molecular weight is 268 g/mol. The fourth-order valence-corrected chi connectivity index (χ4v) is 2.74. The third-order valence-corrected chi connectivity index (χ3v) is 4.40. The monoisotopic (exact) mass is 268 g/mol. The molecule has 18 heavy (non-hydrogen) atoms. The molecule has 1 aromatic heterocycles. The van der Waals surface area contributed by atoms with Gasteiger partial charge in [0.1, 0.15) is 6.04 Å². The Morgan fingerprint density at radius 2 is 2.06 bits per heavy atom. The van der Waals surface area contributed by atoms with Crippen LogP contribution in [0.3, 0.4) is 0 Å². The number of carbonyl (C=O) groups excluding carboxylic acids is 1. The minimum atomic E-state index is -0.501. The van der Waals surface area contributed by atoms with Gasteiger partial charge >= 0.3 is 0 Å². The van der Waals surface area contributed by atoms with Crippen LogP contribution < -0.4 is 5.73 Å². The van der Waals surface area contributed by atoms with Crippen LogP contribution in [0.2, 0.25) is 0 Å². The topological polar surface area (TPSA) is 46.3 Å². The van der Waals surface area contributed by atoms with Gasteiger partial charge in [0.2, 0.25) is 5.91 Å². The van der Waals surface area contributed by atoms with Gasteiger partial charge in [0.15, 0.2) is 0 Å². The summed E-state index contributed by atoms with van der Waals surface area (Å²) in [5.41, 5.74) is 6.04. The van der Waals surface area contributed by atoms with Gasteiger partial charge in [0.25, 0.3) is 0 Å². The summed E-state index contributed by atoms with van der Waals surface area (Å²) < 4.78 is 0. The number of carbonyl (C=O) groups is 1. The maximum atomic E-state index is 12.3. The van der Waals surface area contributed by atoms with Crippen LogP contribution in [-0.2, 0) is 4.79 Å². The van der Waals surface area contributed by atoms with Crippen molar-refractivity contribution in [3.05, 3.63) is 22.4 Å².